The van der Waals surface area contributed by atoms with Crippen molar-refractivity contribution in [2.24, 2.45) is 0 Å². The van der Waals surface area contributed by atoms with E-state index in [9.17, 15) is 0 Å². The van der Waals surface area contributed by atoms with Gasteiger partial charge in [0, 0.05) is 27.7 Å². The van der Waals surface area contributed by atoms with Crippen molar-refractivity contribution in [1.82, 2.24) is 0 Å². The summed E-state index contributed by atoms with van der Waals surface area (Å²) in [7, 11) is 0. The Morgan fingerprint density at radius 1 is 0.276 bits per heavy atom. The van der Waals surface area contributed by atoms with Crippen LogP contribution in [-0.2, 0) is 0 Å². The van der Waals surface area contributed by atoms with E-state index < -0.39 is 0 Å². The lowest BCUT2D eigenvalue weighted by Crippen LogP contribution is -2.11. The fourth-order valence-electron chi connectivity index (χ4n) is 8.53. The van der Waals surface area contributed by atoms with Gasteiger partial charge in [0.1, 0.15) is 11.2 Å². The lowest BCUT2D eigenvalue weighted by atomic mass is 9.96. The zero-order chi connectivity index (χ0) is 38.4. The van der Waals surface area contributed by atoms with E-state index >= 15 is 0 Å². The summed E-state index contributed by atoms with van der Waals surface area (Å²) in [6.45, 7) is 0. The summed E-state index contributed by atoms with van der Waals surface area (Å²) in [5.74, 6) is 0. The Bertz CT molecular complexity index is 3250. The van der Waals surface area contributed by atoms with Gasteiger partial charge in [0.05, 0.1) is 5.69 Å². The van der Waals surface area contributed by atoms with Crippen molar-refractivity contribution in [1.29, 1.82) is 0 Å². The van der Waals surface area contributed by atoms with E-state index in [1.807, 2.05) is 0 Å². The third kappa shape index (κ3) is 6.00. The lowest BCUT2D eigenvalue weighted by molar-refractivity contribution is 0.669. The molecule has 0 N–H and O–H groups in total. The Morgan fingerprint density at radius 2 is 0.776 bits per heavy atom. The normalized spacial score (nSPS) is 11.4. The van der Waals surface area contributed by atoms with E-state index in [0.29, 0.717) is 0 Å². The van der Waals surface area contributed by atoms with Gasteiger partial charge >= 0.3 is 0 Å². The van der Waals surface area contributed by atoms with Crippen molar-refractivity contribution in [2.45, 2.75) is 0 Å². The van der Waals surface area contributed by atoms with Crippen LogP contribution in [0.15, 0.2) is 229 Å². The van der Waals surface area contributed by atoms with E-state index in [0.717, 1.165) is 50.1 Å². The summed E-state index contributed by atoms with van der Waals surface area (Å²) >= 11 is 0. The van der Waals surface area contributed by atoms with E-state index in [4.69, 9.17) is 4.42 Å². The van der Waals surface area contributed by atoms with Gasteiger partial charge in [-0.15, -0.1) is 0 Å². The van der Waals surface area contributed by atoms with Gasteiger partial charge in [-0.05, 0) is 115 Å². The Hall–Kier alpha value is -7.68. The second kappa shape index (κ2) is 14.1. The van der Waals surface area contributed by atoms with Crippen LogP contribution in [0.2, 0.25) is 0 Å². The highest BCUT2D eigenvalue weighted by Gasteiger charge is 2.19. The van der Waals surface area contributed by atoms with Crippen molar-refractivity contribution in [3.63, 3.8) is 0 Å². The maximum Gasteiger partial charge on any atom is 0.136 e. The zero-order valence-electron chi connectivity index (χ0n) is 31.7. The van der Waals surface area contributed by atoms with Crippen molar-refractivity contribution < 1.29 is 4.42 Å². The molecule has 0 saturated heterocycles. The number of nitrogens with zero attached hydrogens (tertiary/aromatic N) is 1. The predicted octanol–water partition coefficient (Wildman–Crippen LogP) is 16.0. The van der Waals surface area contributed by atoms with Crippen molar-refractivity contribution in [2.75, 3.05) is 4.90 Å². The van der Waals surface area contributed by atoms with Gasteiger partial charge in [0.15, 0.2) is 0 Å². The van der Waals surface area contributed by atoms with Gasteiger partial charge in [-0.1, -0.05) is 170 Å². The Morgan fingerprint density at radius 3 is 1.50 bits per heavy atom. The average molecular weight is 740 g/mol. The zero-order valence-corrected chi connectivity index (χ0v) is 31.7. The largest absolute Gasteiger partial charge is 0.456 e. The molecule has 10 aromatic carbocycles. The fraction of sp³-hybridized carbons (Fsp3) is 0. The SMILES string of the molecule is c1ccc(-c2ccc(N(c3ccc(-c4ccc(-c5cccc6ccccc56)cc4)cc3)c3ccccc3-c3ccc4c(c3)oc3cc5ccccc5cc34)cc2)cc1. The van der Waals surface area contributed by atoms with E-state index in [1.165, 1.54) is 54.9 Å². The van der Waals surface area contributed by atoms with Gasteiger partial charge in [-0.2, -0.15) is 0 Å². The molecule has 1 aromatic heterocycles. The summed E-state index contributed by atoms with van der Waals surface area (Å²) in [4.78, 5) is 2.37. The second-order valence-electron chi connectivity index (χ2n) is 14.9. The number of para-hydroxylation sites is 1. The van der Waals surface area contributed by atoms with E-state index in [-0.39, 0.29) is 0 Å². The van der Waals surface area contributed by atoms with Gasteiger partial charge in [0.25, 0.3) is 0 Å². The van der Waals surface area contributed by atoms with Crippen LogP contribution in [0.25, 0.3) is 88.0 Å². The summed E-state index contributed by atoms with van der Waals surface area (Å²) in [6.07, 6.45) is 0. The van der Waals surface area contributed by atoms with Crippen LogP contribution in [0.4, 0.5) is 17.1 Å². The molecule has 0 atom stereocenters. The first kappa shape index (κ1) is 33.6. The quantitative estimate of drug-likeness (QED) is 0.162. The fourth-order valence-corrected chi connectivity index (χ4v) is 8.53. The summed E-state index contributed by atoms with van der Waals surface area (Å²) < 4.78 is 6.54. The maximum atomic E-state index is 6.54. The molecule has 0 spiro atoms. The van der Waals surface area contributed by atoms with Crippen LogP contribution in [0.3, 0.4) is 0 Å². The second-order valence-corrected chi connectivity index (χ2v) is 14.9. The molecule has 0 aliphatic carbocycles. The Balaban J connectivity index is 0.988. The third-order valence-electron chi connectivity index (χ3n) is 11.5. The maximum absolute atomic E-state index is 6.54. The molecule has 0 radical (unpaired) electrons. The highest BCUT2D eigenvalue weighted by molar-refractivity contribution is 6.11. The summed E-state index contributed by atoms with van der Waals surface area (Å²) in [5.41, 5.74) is 14.4. The molecule has 0 aliphatic heterocycles. The molecule has 0 unspecified atom stereocenters. The molecule has 0 bridgehead atoms. The first-order chi connectivity index (χ1) is 28.7. The van der Waals surface area contributed by atoms with Crippen LogP contribution >= 0.6 is 0 Å². The molecule has 0 amide bonds. The number of hydrogen-bond donors (Lipinski definition) is 0. The monoisotopic (exact) mass is 739 g/mol. The van der Waals surface area contributed by atoms with Gasteiger partial charge in [-0.25, -0.2) is 0 Å². The van der Waals surface area contributed by atoms with Crippen molar-refractivity contribution in [3.8, 4) is 44.5 Å². The molecule has 2 heteroatoms. The average Bonchev–Trinajstić information content (AvgIpc) is 3.65. The van der Waals surface area contributed by atoms with E-state index in [2.05, 4.69) is 229 Å². The Kier molecular flexibility index (Phi) is 8.19. The molecule has 0 aliphatic rings. The highest BCUT2D eigenvalue weighted by atomic mass is 16.3. The molecule has 11 aromatic rings. The number of fused-ring (bicyclic) bond motifs is 5. The minimum absolute atomic E-state index is 0.882. The topological polar surface area (TPSA) is 16.4 Å². The molecule has 58 heavy (non-hydrogen) atoms. The van der Waals surface area contributed by atoms with E-state index in [1.54, 1.807) is 0 Å². The molecule has 11 rings (SSSR count). The van der Waals surface area contributed by atoms with Gasteiger partial charge in [-0.3, -0.25) is 0 Å². The van der Waals surface area contributed by atoms with Crippen molar-refractivity contribution in [3.05, 3.63) is 224 Å². The molecule has 0 saturated carbocycles. The molecule has 1 heterocycles. The van der Waals surface area contributed by atoms with Crippen LogP contribution in [0.1, 0.15) is 0 Å². The minimum atomic E-state index is 0.882. The molecule has 2 nitrogen and oxygen atoms in total. The highest BCUT2D eigenvalue weighted by Crippen LogP contribution is 2.43. The minimum Gasteiger partial charge on any atom is -0.456 e. The number of rotatable bonds is 7. The van der Waals surface area contributed by atoms with Crippen LogP contribution in [0.5, 0.6) is 0 Å². The van der Waals surface area contributed by atoms with Crippen molar-refractivity contribution >= 4 is 60.5 Å². The number of benzene rings is 10. The summed E-state index contributed by atoms with van der Waals surface area (Å²) in [5, 5.41) is 7.17. The van der Waals surface area contributed by atoms with Crippen LogP contribution in [0, 0.1) is 0 Å². The first-order valence-electron chi connectivity index (χ1n) is 19.8. The number of anilines is 3. The molecule has 272 valence electrons. The smallest absolute Gasteiger partial charge is 0.136 e. The molecular weight excluding hydrogens is 703 g/mol. The molecular formula is C56H37NO. The van der Waals surface area contributed by atoms with Gasteiger partial charge in [0.2, 0.25) is 0 Å². The number of furan rings is 1. The third-order valence-corrected chi connectivity index (χ3v) is 11.5. The van der Waals surface area contributed by atoms with Gasteiger partial charge < -0.3 is 9.32 Å². The molecule has 0 fully saturated rings. The predicted molar refractivity (Wildman–Crippen MR) is 245 cm³/mol. The van der Waals surface area contributed by atoms with Crippen LogP contribution in [-0.4, -0.2) is 0 Å². The standard InChI is InChI=1S/C56H37NO/c1-2-11-38(12-3-1)40-25-30-47(31-26-40)57(48-32-27-41(28-33-48)39-21-23-43(24-22-39)50-19-10-16-42-13-6-7-17-49(42)50)54-20-9-8-18-51(54)46-29-34-52-53-35-44-14-4-5-15-45(44)36-56(53)58-55(52)37-46/h1-37H. The number of hydrogen-bond acceptors (Lipinski definition) is 2. The van der Waals surface area contributed by atoms with Crippen LogP contribution < -0.4 is 4.90 Å². The first-order valence-corrected chi connectivity index (χ1v) is 19.8. The summed E-state index contributed by atoms with van der Waals surface area (Å²) in [6, 6.07) is 80.6. The lowest BCUT2D eigenvalue weighted by Gasteiger charge is -2.28. The Labute approximate surface area is 337 Å².